The van der Waals surface area contributed by atoms with Gasteiger partial charge in [-0.2, -0.15) is 0 Å². The third kappa shape index (κ3) is 3.94. The summed E-state index contributed by atoms with van der Waals surface area (Å²) >= 11 is 1.56. The van der Waals surface area contributed by atoms with Gasteiger partial charge in [0.25, 0.3) is 5.91 Å². The molecule has 8 nitrogen and oxygen atoms in total. The molecule has 2 unspecified atom stereocenters. The normalized spacial score (nSPS) is 20.7. The summed E-state index contributed by atoms with van der Waals surface area (Å²) in [4.78, 5) is 30.6. The minimum Gasteiger partial charge on any atom is -0.493 e. The zero-order valence-corrected chi connectivity index (χ0v) is 18.6. The fraction of sp³-hybridized carbons (Fsp3) is 0.455. The van der Waals surface area contributed by atoms with Gasteiger partial charge in [0.05, 0.1) is 33.9 Å². The van der Waals surface area contributed by atoms with Crippen molar-refractivity contribution in [3.8, 4) is 17.2 Å². The minimum absolute atomic E-state index is 0.00298. The van der Waals surface area contributed by atoms with Gasteiger partial charge in [-0.05, 0) is 31.0 Å². The van der Waals surface area contributed by atoms with Crippen molar-refractivity contribution in [2.75, 3.05) is 40.2 Å². The van der Waals surface area contributed by atoms with Crippen LogP contribution in [-0.4, -0.2) is 67.8 Å². The Kier molecular flexibility index (Phi) is 6.31. The van der Waals surface area contributed by atoms with E-state index in [4.69, 9.17) is 18.6 Å². The maximum atomic E-state index is 13.8. The number of carbonyl (C=O) groups excluding carboxylic acids is 2. The van der Waals surface area contributed by atoms with Crippen LogP contribution in [-0.2, 0) is 4.79 Å². The first-order valence-corrected chi connectivity index (χ1v) is 11.2. The Morgan fingerprint density at radius 2 is 1.74 bits per heavy atom. The Morgan fingerprint density at radius 1 is 1.06 bits per heavy atom. The lowest BCUT2D eigenvalue weighted by Gasteiger charge is -2.31. The van der Waals surface area contributed by atoms with Gasteiger partial charge in [0.1, 0.15) is 11.4 Å². The molecule has 2 aliphatic heterocycles. The topological polar surface area (TPSA) is 81.5 Å². The molecular formula is C22H26N2O6S. The quantitative estimate of drug-likeness (QED) is 0.674. The van der Waals surface area contributed by atoms with Crippen molar-refractivity contribution >= 4 is 23.6 Å². The highest BCUT2D eigenvalue weighted by molar-refractivity contribution is 7.99. The number of likely N-dealkylation sites (tertiary alicyclic amines) is 1. The number of benzene rings is 1. The first-order chi connectivity index (χ1) is 15.1. The van der Waals surface area contributed by atoms with E-state index in [1.165, 1.54) is 21.3 Å². The van der Waals surface area contributed by atoms with E-state index in [-0.39, 0.29) is 17.2 Å². The monoisotopic (exact) mass is 446 g/mol. The van der Waals surface area contributed by atoms with Crippen LogP contribution >= 0.6 is 11.8 Å². The molecule has 1 aromatic carbocycles. The zero-order chi connectivity index (χ0) is 22.0. The fourth-order valence-corrected chi connectivity index (χ4v) is 5.52. The predicted octanol–water partition coefficient (Wildman–Crippen LogP) is 3.18. The number of ether oxygens (including phenoxy) is 3. The summed E-state index contributed by atoms with van der Waals surface area (Å²) in [6.45, 7) is 1.48. The summed E-state index contributed by atoms with van der Waals surface area (Å²) in [5.74, 6) is 1.44. The van der Waals surface area contributed by atoms with Crippen LogP contribution < -0.4 is 14.2 Å². The number of rotatable bonds is 6. The van der Waals surface area contributed by atoms with Crippen molar-refractivity contribution < 1.29 is 28.2 Å². The van der Waals surface area contributed by atoms with Gasteiger partial charge in [0, 0.05) is 30.0 Å². The van der Waals surface area contributed by atoms with Crippen molar-refractivity contribution in [1.29, 1.82) is 0 Å². The highest BCUT2D eigenvalue weighted by Crippen LogP contribution is 2.45. The van der Waals surface area contributed by atoms with Gasteiger partial charge in [-0.3, -0.25) is 9.59 Å². The number of hydrogen-bond donors (Lipinski definition) is 0. The summed E-state index contributed by atoms with van der Waals surface area (Å²) in [6, 6.07) is 4.53. The highest BCUT2D eigenvalue weighted by atomic mass is 32.2. The van der Waals surface area contributed by atoms with E-state index in [1.807, 2.05) is 11.0 Å². The van der Waals surface area contributed by atoms with Crippen LogP contribution in [0.15, 0.2) is 35.1 Å². The number of methoxy groups -OCH3 is 3. The van der Waals surface area contributed by atoms with Crippen molar-refractivity contribution in [3.63, 3.8) is 0 Å². The Bertz CT molecular complexity index is 916. The SMILES string of the molecule is COc1cc(C(=O)N2C(C(=O)N3CCCC3)CSC2c2ccoc2)cc(OC)c1OC. The summed E-state index contributed by atoms with van der Waals surface area (Å²) < 4.78 is 21.5. The molecule has 2 atom stereocenters. The van der Waals surface area contributed by atoms with Gasteiger partial charge in [-0.25, -0.2) is 0 Å². The van der Waals surface area contributed by atoms with Gasteiger partial charge in [0.2, 0.25) is 11.7 Å². The molecule has 0 N–H and O–H groups in total. The van der Waals surface area contributed by atoms with Crippen LogP contribution in [0.2, 0.25) is 0 Å². The van der Waals surface area contributed by atoms with Crippen molar-refractivity contribution in [2.24, 2.45) is 0 Å². The molecule has 2 amide bonds. The molecule has 9 heteroatoms. The molecule has 2 aromatic rings. The third-order valence-corrected chi connectivity index (χ3v) is 7.00. The second-order valence-electron chi connectivity index (χ2n) is 7.42. The van der Waals surface area contributed by atoms with E-state index in [9.17, 15) is 9.59 Å². The Balaban J connectivity index is 1.73. The van der Waals surface area contributed by atoms with E-state index in [0.717, 1.165) is 31.5 Å². The minimum atomic E-state index is -0.547. The van der Waals surface area contributed by atoms with Crippen LogP contribution in [0.5, 0.6) is 17.2 Å². The van der Waals surface area contributed by atoms with Crippen LogP contribution in [0.1, 0.15) is 34.1 Å². The van der Waals surface area contributed by atoms with Crippen LogP contribution in [0, 0.1) is 0 Å². The predicted molar refractivity (Wildman–Crippen MR) is 116 cm³/mol. The second kappa shape index (κ2) is 9.13. The van der Waals surface area contributed by atoms with Gasteiger partial charge >= 0.3 is 0 Å². The molecule has 0 bridgehead atoms. The summed E-state index contributed by atoms with van der Waals surface area (Å²) in [6.07, 6.45) is 5.19. The first kappa shape index (κ1) is 21.4. The summed E-state index contributed by atoms with van der Waals surface area (Å²) in [5, 5.41) is -0.318. The molecule has 2 aliphatic rings. The second-order valence-corrected chi connectivity index (χ2v) is 8.53. The lowest BCUT2D eigenvalue weighted by atomic mass is 10.1. The van der Waals surface area contributed by atoms with E-state index in [2.05, 4.69) is 0 Å². The molecular weight excluding hydrogens is 420 g/mol. The number of nitrogens with zero attached hydrogens (tertiary/aromatic N) is 2. The standard InChI is InChI=1S/C22H26N2O6S/c1-27-17-10-15(11-18(28-2)19(17)29-3)20(25)24-16(21(26)23-7-4-5-8-23)13-31-22(24)14-6-9-30-12-14/h6,9-12,16,22H,4-5,7-8,13H2,1-3H3. The maximum Gasteiger partial charge on any atom is 0.256 e. The largest absolute Gasteiger partial charge is 0.493 e. The third-order valence-electron chi connectivity index (χ3n) is 5.68. The molecule has 4 rings (SSSR count). The van der Waals surface area contributed by atoms with Gasteiger partial charge in [-0.15, -0.1) is 11.8 Å². The lowest BCUT2D eigenvalue weighted by Crippen LogP contribution is -2.48. The number of amides is 2. The van der Waals surface area contributed by atoms with Gasteiger partial charge < -0.3 is 28.4 Å². The summed E-state index contributed by atoms with van der Waals surface area (Å²) in [5.41, 5.74) is 1.22. The average Bonchev–Trinajstić information content (AvgIpc) is 3.57. The first-order valence-electron chi connectivity index (χ1n) is 10.1. The molecule has 2 fully saturated rings. The Morgan fingerprint density at radius 3 is 2.29 bits per heavy atom. The molecule has 31 heavy (non-hydrogen) atoms. The average molecular weight is 447 g/mol. The Hall–Kier alpha value is -2.81. The van der Waals surface area contributed by atoms with E-state index < -0.39 is 6.04 Å². The van der Waals surface area contributed by atoms with Crippen molar-refractivity contribution in [1.82, 2.24) is 9.80 Å². The Labute approximate surface area is 185 Å². The molecule has 3 heterocycles. The maximum absolute atomic E-state index is 13.8. The smallest absolute Gasteiger partial charge is 0.256 e. The highest BCUT2D eigenvalue weighted by Gasteiger charge is 2.45. The van der Waals surface area contributed by atoms with Crippen LogP contribution in [0.25, 0.3) is 0 Å². The van der Waals surface area contributed by atoms with Crippen LogP contribution in [0.3, 0.4) is 0 Å². The van der Waals surface area contributed by atoms with E-state index in [0.29, 0.717) is 28.6 Å². The van der Waals surface area contributed by atoms with Gasteiger partial charge in [-0.1, -0.05) is 0 Å². The molecule has 1 aromatic heterocycles. The summed E-state index contributed by atoms with van der Waals surface area (Å²) in [7, 11) is 4.52. The van der Waals surface area contributed by atoms with Crippen LogP contribution in [0.4, 0.5) is 0 Å². The van der Waals surface area contributed by atoms with Crippen molar-refractivity contribution in [2.45, 2.75) is 24.3 Å². The van der Waals surface area contributed by atoms with Crippen molar-refractivity contribution in [3.05, 3.63) is 41.9 Å². The van der Waals surface area contributed by atoms with Gasteiger partial charge in [0.15, 0.2) is 11.5 Å². The molecule has 0 radical (unpaired) electrons. The van der Waals surface area contributed by atoms with E-state index >= 15 is 0 Å². The number of thioether (sulfide) groups is 1. The fourth-order valence-electron chi connectivity index (χ4n) is 4.12. The number of carbonyl (C=O) groups is 2. The molecule has 0 spiro atoms. The lowest BCUT2D eigenvalue weighted by molar-refractivity contribution is -0.134. The van der Waals surface area contributed by atoms with E-state index in [1.54, 1.807) is 41.3 Å². The molecule has 0 aliphatic carbocycles. The molecule has 2 saturated heterocycles. The number of furan rings is 1. The molecule has 0 saturated carbocycles. The molecule has 166 valence electrons. The number of hydrogen-bond acceptors (Lipinski definition) is 7. The zero-order valence-electron chi connectivity index (χ0n) is 17.8.